The number of benzene rings is 2. The number of fused-ring (bicyclic) bond motifs is 1. The monoisotopic (exact) mass is 482 g/mol. The molecular weight excluding hydrogens is 462 g/mol. The first-order chi connectivity index (χ1) is 16.3. The average molecular weight is 483 g/mol. The van der Waals surface area contributed by atoms with Crippen LogP contribution >= 0.6 is 11.6 Å². The number of amides is 1. The van der Waals surface area contributed by atoms with Crippen LogP contribution < -0.4 is 0 Å². The molecule has 1 aliphatic heterocycles. The summed E-state index contributed by atoms with van der Waals surface area (Å²) in [6, 6.07) is 10.7. The number of aryl methyl sites for hydroxylation is 2. The molecule has 4 aromatic rings. The maximum absolute atomic E-state index is 14.9. The van der Waals surface area contributed by atoms with Gasteiger partial charge in [0.15, 0.2) is 17.3 Å². The number of carbonyl (C=O) groups is 1. The van der Waals surface area contributed by atoms with Crippen molar-refractivity contribution in [3.8, 4) is 11.4 Å². The standard InChI is InChI=1S/C25H21ClF2N4O2/c1-15-4-2-5-17(22(15)23-29-11-3-12-30-23)24(33)32-13-10-25(27,28)20(32)8-9-21-31-18-7-6-16(26)14-19(18)34-21/h2-7,11-12,14,20H,8-10,13H2,1H3/t20-/m1/s1. The van der Waals surface area contributed by atoms with Gasteiger partial charge in [0.05, 0.1) is 11.6 Å². The second-order valence-corrected chi connectivity index (χ2v) is 8.79. The van der Waals surface area contributed by atoms with Crippen molar-refractivity contribution in [2.75, 3.05) is 6.54 Å². The molecule has 34 heavy (non-hydrogen) atoms. The molecule has 1 atom stereocenters. The van der Waals surface area contributed by atoms with Gasteiger partial charge in [-0.15, -0.1) is 0 Å². The Bertz CT molecular complexity index is 1360. The molecule has 0 spiro atoms. The number of alkyl halides is 2. The van der Waals surface area contributed by atoms with E-state index in [1.807, 2.05) is 13.0 Å². The van der Waals surface area contributed by atoms with E-state index < -0.39 is 24.3 Å². The van der Waals surface area contributed by atoms with E-state index in [1.54, 1.807) is 48.8 Å². The summed E-state index contributed by atoms with van der Waals surface area (Å²) in [4.78, 5) is 27.7. The van der Waals surface area contributed by atoms with E-state index >= 15 is 0 Å². The summed E-state index contributed by atoms with van der Waals surface area (Å²) >= 11 is 5.99. The molecule has 0 bridgehead atoms. The Morgan fingerprint density at radius 3 is 2.79 bits per heavy atom. The first kappa shape index (κ1) is 22.4. The molecule has 1 saturated heterocycles. The lowest BCUT2D eigenvalue weighted by atomic mass is 9.99. The van der Waals surface area contributed by atoms with Crippen LogP contribution in [0.15, 0.2) is 59.3 Å². The molecule has 6 nitrogen and oxygen atoms in total. The number of nitrogens with zero attached hydrogens (tertiary/aromatic N) is 4. The van der Waals surface area contributed by atoms with Gasteiger partial charge in [-0.3, -0.25) is 4.79 Å². The number of rotatable bonds is 5. The molecule has 0 saturated carbocycles. The zero-order valence-electron chi connectivity index (χ0n) is 18.3. The molecule has 2 aromatic carbocycles. The van der Waals surface area contributed by atoms with Crippen molar-refractivity contribution in [2.24, 2.45) is 0 Å². The molecular formula is C25H21ClF2N4O2. The molecule has 1 amide bonds. The third-order valence-electron chi connectivity index (χ3n) is 6.13. The smallest absolute Gasteiger partial charge is 0.269 e. The summed E-state index contributed by atoms with van der Waals surface area (Å²) < 4.78 is 35.5. The highest BCUT2D eigenvalue weighted by Gasteiger charge is 2.50. The van der Waals surface area contributed by atoms with E-state index in [1.165, 1.54) is 4.90 Å². The van der Waals surface area contributed by atoms with Gasteiger partial charge in [-0.05, 0) is 43.2 Å². The van der Waals surface area contributed by atoms with Gasteiger partial charge in [0.1, 0.15) is 5.52 Å². The van der Waals surface area contributed by atoms with Crippen LogP contribution in [0.3, 0.4) is 0 Å². The van der Waals surface area contributed by atoms with Crippen molar-refractivity contribution < 1.29 is 18.0 Å². The normalized spacial score (nSPS) is 17.4. The molecule has 1 aliphatic rings. The van der Waals surface area contributed by atoms with Crippen LogP contribution in [0.25, 0.3) is 22.5 Å². The minimum Gasteiger partial charge on any atom is -0.441 e. The molecule has 1 fully saturated rings. The molecule has 174 valence electrons. The first-order valence-corrected chi connectivity index (χ1v) is 11.3. The Morgan fingerprint density at radius 2 is 2.00 bits per heavy atom. The van der Waals surface area contributed by atoms with E-state index in [0.717, 1.165) is 5.56 Å². The van der Waals surface area contributed by atoms with Gasteiger partial charge in [0.2, 0.25) is 0 Å². The van der Waals surface area contributed by atoms with Crippen LogP contribution in [0.4, 0.5) is 8.78 Å². The third kappa shape index (κ3) is 4.14. The summed E-state index contributed by atoms with van der Waals surface area (Å²) in [6.07, 6.45) is 2.96. The highest BCUT2D eigenvalue weighted by atomic mass is 35.5. The first-order valence-electron chi connectivity index (χ1n) is 10.9. The maximum Gasteiger partial charge on any atom is 0.269 e. The molecule has 0 radical (unpaired) electrons. The highest BCUT2D eigenvalue weighted by Crippen LogP contribution is 2.38. The zero-order chi connectivity index (χ0) is 23.9. The van der Waals surface area contributed by atoms with E-state index in [-0.39, 0.29) is 19.4 Å². The van der Waals surface area contributed by atoms with Gasteiger partial charge in [-0.25, -0.2) is 23.7 Å². The fourth-order valence-corrected chi connectivity index (χ4v) is 4.63. The minimum atomic E-state index is -3.02. The van der Waals surface area contributed by atoms with Crippen LogP contribution in [-0.4, -0.2) is 44.3 Å². The molecule has 2 aromatic heterocycles. The molecule has 0 N–H and O–H groups in total. The predicted octanol–water partition coefficient (Wildman–Crippen LogP) is 5.73. The number of oxazole rings is 1. The summed E-state index contributed by atoms with van der Waals surface area (Å²) in [7, 11) is 0. The van der Waals surface area contributed by atoms with Crippen LogP contribution in [-0.2, 0) is 6.42 Å². The third-order valence-corrected chi connectivity index (χ3v) is 6.36. The zero-order valence-corrected chi connectivity index (χ0v) is 19.1. The van der Waals surface area contributed by atoms with Gasteiger partial charge >= 0.3 is 0 Å². The van der Waals surface area contributed by atoms with Gasteiger partial charge < -0.3 is 9.32 Å². The fraction of sp³-hybridized carbons (Fsp3) is 0.280. The van der Waals surface area contributed by atoms with Crippen molar-refractivity contribution in [3.63, 3.8) is 0 Å². The SMILES string of the molecule is Cc1cccc(C(=O)N2CCC(F)(F)[C@H]2CCc2nc3ccc(Cl)cc3o2)c1-c1ncccn1. The molecule has 0 aliphatic carbocycles. The van der Waals surface area contributed by atoms with E-state index in [4.69, 9.17) is 16.0 Å². The number of halogens is 3. The van der Waals surface area contributed by atoms with E-state index in [9.17, 15) is 13.6 Å². The number of likely N-dealkylation sites (tertiary alicyclic amines) is 1. The molecule has 0 unspecified atom stereocenters. The lowest BCUT2D eigenvalue weighted by molar-refractivity contribution is -0.0323. The van der Waals surface area contributed by atoms with Gasteiger partial charge in [-0.2, -0.15) is 0 Å². The van der Waals surface area contributed by atoms with Crippen molar-refractivity contribution in [1.82, 2.24) is 19.9 Å². The van der Waals surface area contributed by atoms with Crippen LogP contribution in [0.5, 0.6) is 0 Å². The van der Waals surface area contributed by atoms with Crippen molar-refractivity contribution >= 4 is 28.6 Å². The second-order valence-electron chi connectivity index (χ2n) is 8.35. The van der Waals surface area contributed by atoms with Gasteiger partial charge in [-0.1, -0.05) is 23.7 Å². The Balaban J connectivity index is 1.43. The summed E-state index contributed by atoms with van der Waals surface area (Å²) in [5, 5.41) is 0.505. The minimum absolute atomic E-state index is 0.0162. The largest absolute Gasteiger partial charge is 0.441 e. The Kier molecular flexibility index (Phi) is 5.77. The number of hydrogen-bond acceptors (Lipinski definition) is 5. The average Bonchev–Trinajstić information content (AvgIpc) is 3.36. The number of hydrogen-bond donors (Lipinski definition) is 0. The fourth-order valence-electron chi connectivity index (χ4n) is 4.47. The van der Waals surface area contributed by atoms with Gasteiger partial charge in [0.25, 0.3) is 11.8 Å². The van der Waals surface area contributed by atoms with E-state index in [2.05, 4.69) is 15.0 Å². The lowest BCUT2D eigenvalue weighted by Crippen LogP contribution is -2.43. The van der Waals surface area contributed by atoms with Crippen LogP contribution in [0, 0.1) is 6.92 Å². The lowest BCUT2D eigenvalue weighted by Gasteiger charge is -2.28. The van der Waals surface area contributed by atoms with Gasteiger partial charge in [0, 0.05) is 48.4 Å². The van der Waals surface area contributed by atoms with E-state index in [0.29, 0.717) is 39.0 Å². The quantitative estimate of drug-likeness (QED) is 0.363. The van der Waals surface area contributed by atoms with Crippen LogP contribution in [0.2, 0.25) is 5.02 Å². The molecule has 9 heteroatoms. The maximum atomic E-state index is 14.9. The predicted molar refractivity (Wildman–Crippen MR) is 124 cm³/mol. The number of carbonyl (C=O) groups excluding carboxylic acids is 1. The molecule has 3 heterocycles. The Labute approximate surface area is 199 Å². The topological polar surface area (TPSA) is 72.1 Å². The summed E-state index contributed by atoms with van der Waals surface area (Å²) in [5.74, 6) is -2.76. The summed E-state index contributed by atoms with van der Waals surface area (Å²) in [6.45, 7) is 1.81. The Hall–Kier alpha value is -3.39. The summed E-state index contributed by atoms with van der Waals surface area (Å²) in [5.41, 5.74) is 2.77. The Morgan fingerprint density at radius 1 is 1.21 bits per heavy atom. The second kappa shape index (κ2) is 8.76. The van der Waals surface area contributed by atoms with Crippen LogP contribution in [0.1, 0.15) is 34.7 Å². The van der Waals surface area contributed by atoms with Crippen molar-refractivity contribution in [3.05, 3.63) is 76.9 Å². The molecule has 5 rings (SSSR count). The number of aromatic nitrogens is 3. The van der Waals surface area contributed by atoms with Crippen molar-refractivity contribution in [2.45, 2.75) is 38.2 Å². The highest BCUT2D eigenvalue weighted by molar-refractivity contribution is 6.31. The van der Waals surface area contributed by atoms with Crippen molar-refractivity contribution in [1.29, 1.82) is 0 Å².